The molecule has 1 aromatic carbocycles. The van der Waals surface area contributed by atoms with Crippen molar-refractivity contribution in [2.75, 3.05) is 20.3 Å². The summed E-state index contributed by atoms with van der Waals surface area (Å²) in [6.07, 6.45) is 0. The maximum atomic E-state index is 6.32. The molecular formula is C14H21NO2. The topological polar surface area (TPSA) is 44.5 Å². The first-order valence-electron chi connectivity index (χ1n) is 5.92. The van der Waals surface area contributed by atoms with E-state index in [0.29, 0.717) is 13.2 Å². The molecule has 0 atom stereocenters. The third-order valence-corrected chi connectivity index (χ3v) is 3.88. The van der Waals surface area contributed by atoms with Crippen molar-refractivity contribution in [3.05, 3.63) is 29.3 Å². The van der Waals surface area contributed by atoms with E-state index in [1.54, 1.807) is 7.11 Å². The van der Waals surface area contributed by atoms with Crippen LogP contribution in [0.15, 0.2) is 18.2 Å². The van der Waals surface area contributed by atoms with Gasteiger partial charge in [-0.3, -0.25) is 0 Å². The fourth-order valence-corrected chi connectivity index (χ4v) is 2.39. The minimum absolute atomic E-state index is 0.0654. The third-order valence-electron chi connectivity index (χ3n) is 3.88. The summed E-state index contributed by atoms with van der Waals surface area (Å²) in [5, 5.41) is 0. The quantitative estimate of drug-likeness (QED) is 0.871. The zero-order chi connectivity index (χ0) is 12.7. The number of rotatable bonds is 3. The van der Waals surface area contributed by atoms with Gasteiger partial charge in [0.2, 0.25) is 0 Å². The van der Waals surface area contributed by atoms with Gasteiger partial charge in [0.25, 0.3) is 0 Å². The summed E-state index contributed by atoms with van der Waals surface area (Å²) in [5.74, 6) is 0.916. The SMILES string of the molecule is COc1ccc(C2(C(C)(C)N)COC2)cc1C. The van der Waals surface area contributed by atoms with Gasteiger partial charge in [-0.15, -0.1) is 0 Å². The molecular weight excluding hydrogens is 214 g/mol. The molecule has 0 aromatic heterocycles. The van der Waals surface area contributed by atoms with E-state index < -0.39 is 0 Å². The highest BCUT2D eigenvalue weighted by Gasteiger charge is 2.50. The number of benzene rings is 1. The normalized spacial score (nSPS) is 18.6. The van der Waals surface area contributed by atoms with Crippen LogP contribution < -0.4 is 10.5 Å². The molecule has 1 heterocycles. The highest BCUT2D eigenvalue weighted by Crippen LogP contribution is 2.41. The van der Waals surface area contributed by atoms with Crippen molar-refractivity contribution in [1.29, 1.82) is 0 Å². The Morgan fingerprint density at radius 1 is 1.35 bits per heavy atom. The molecule has 3 heteroatoms. The van der Waals surface area contributed by atoms with Gasteiger partial charge in [-0.25, -0.2) is 0 Å². The van der Waals surface area contributed by atoms with Gasteiger partial charge in [-0.05, 0) is 38.0 Å². The molecule has 2 rings (SSSR count). The Hall–Kier alpha value is -1.06. The minimum atomic E-state index is -0.285. The summed E-state index contributed by atoms with van der Waals surface area (Å²) in [6.45, 7) is 7.58. The van der Waals surface area contributed by atoms with E-state index in [4.69, 9.17) is 15.2 Å². The summed E-state index contributed by atoms with van der Waals surface area (Å²) in [6, 6.07) is 6.27. The Morgan fingerprint density at radius 3 is 2.35 bits per heavy atom. The highest BCUT2D eigenvalue weighted by molar-refractivity contribution is 5.42. The molecule has 0 amide bonds. The monoisotopic (exact) mass is 235 g/mol. The molecule has 0 unspecified atom stereocenters. The predicted molar refractivity (Wildman–Crippen MR) is 68.5 cm³/mol. The smallest absolute Gasteiger partial charge is 0.121 e. The standard InChI is InChI=1S/C14H21NO2/c1-10-7-11(5-6-12(10)16-4)14(8-17-9-14)13(2,3)15/h5-7H,8-9,15H2,1-4H3. The minimum Gasteiger partial charge on any atom is -0.496 e. The Morgan fingerprint density at radius 2 is 2.00 bits per heavy atom. The van der Waals surface area contributed by atoms with Crippen molar-refractivity contribution in [3.63, 3.8) is 0 Å². The molecule has 94 valence electrons. The number of hydrogen-bond donors (Lipinski definition) is 1. The summed E-state index contributed by atoms with van der Waals surface area (Å²) >= 11 is 0. The second kappa shape index (κ2) is 4.00. The molecule has 0 radical (unpaired) electrons. The zero-order valence-electron chi connectivity index (χ0n) is 11.0. The summed E-state index contributed by atoms with van der Waals surface area (Å²) < 4.78 is 10.7. The van der Waals surface area contributed by atoms with Gasteiger partial charge in [0, 0.05) is 5.54 Å². The molecule has 1 aromatic rings. The van der Waals surface area contributed by atoms with Gasteiger partial charge in [0.1, 0.15) is 5.75 Å². The molecule has 1 saturated heterocycles. The predicted octanol–water partition coefficient (Wildman–Crippen LogP) is 2.01. The number of ether oxygens (including phenoxy) is 2. The first-order chi connectivity index (χ1) is 7.90. The number of aryl methyl sites for hydroxylation is 1. The van der Waals surface area contributed by atoms with Crippen LogP contribution in [0.4, 0.5) is 0 Å². The first kappa shape index (κ1) is 12.4. The first-order valence-corrected chi connectivity index (χ1v) is 5.92. The Bertz CT molecular complexity index is 417. The van der Waals surface area contributed by atoms with Crippen LogP contribution in [-0.4, -0.2) is 25.9 Å². The average Bonchev–Trinajstić information content (AvgIpc) is 2.13. The van der Waals surface area contributed by atoms with Crippen LogP contribution in [0.3, 0.4) is 0 Å². The fraction of sp³-hybridized carbons (Fsp3) is 0.571. The van der Waals surface area contributed by atoms with Crippen molar-refractivity contribution in [2.45, 2.75) is 31.7 Å². The van der Waals surface area contributed by atoms with Crippen molar-refractivity contribution < 1.29 is 9.47 Å². The van der Waals surface area contributed by atoms with Crippen molar-refractivity contribution in [2.24, 2.45) is 5.73 Å². The molecule has 3 nitrogen and oxygen atoms in total. The van der Waals surface area contributed by atoms with Gasteiger partial charge >= 0.3 is 0 Å². The van der Waals surface area contributed by atoms with Gasteiger partial charge in [0.15, 0.2) is 0 Å². The largest absolute Gasteiger partial charge is 0.496 e. The zero-order valence-corrected chi connectivity index (χ0v) is 11.0. The van der Waals surface area contributed by atoms with E-state index in [1.807, 2.05) is 6.07 Å². The Balaban J connectivity index is 2.42. The maximum Gasteiger partial charge on any atom is 0.121 e. The second-order valence-corrected chi connectivity index (χ2v) is 5.48. The summed E-state index contributed by atoms with van der Waals surface area (Å²) in [5.41, 5.74) is 8.35. The lowest BCUT2D eigenvalue weighted by Crippen LogP contribution is -2.64. The lowest BCUT2D eigenvalue weighted by Gasteiger charge is -2.51. The van der Waals surface area contributed by atoms with E-state index in [1.165, 1.54) is 5.56 Å². The van der Waals surface area contributed by atoms with E-state index in [-0.39, 0.29) is 11.0 Å². The lowest BCUT2D eigenvalue weighted by molar-refractivity contribution is -0.0919. The van der Waals surface area contributed by atoms with Crippen molar-refractivity contribution in [3.8, 4) is 5.75 Å². The molecule has 2 N–H and O–H groups in total. The van der Waals surface area contributed by atoms with Crippen LogP contribution in [0.5, 0.6) is 5.75 Å². The van der Waals surface area contributed by atoms with E-state index in [9.17, 15) is 0 Å². The van der Waals surface area contributed by atoms with E-state index in [0.717, 1.165) is 11.3 Å². The van der Waals surface area contributed by atoms with Crippen LogP contribution in [0.2, 0.25) is 0 Å². The van der Waals surface area contributed by atoms with Crippen molar-refractivity contribution >= 4 is 0 Å². The second-order valence-electron chi connectivity index (χ2n) is 5.48. The molecule has 1 aliphatic heterocycles. The van der Waals surface area contributed by atoms with E-state index >= 15 is 0 Å². The number of nitrogens with two attached hydrogens (primary N) is 1. The van der Waals surface area contributed by atoms with Crippen LogP contribution in [0, 0.1) is 6.92 Å². The van der Waals surface area contributed by atoms with Crippen molar-refractivity contribution in [1.82, 2.24) is 0 Å². The van der Waals surface area contributed by atoms with Gasteiger partial charge in [-0.2, -0.15) is 0 Å². The van der Waals surface area contributed by atoms with Gasteiger partial charge in [0.05, 0.1) is 25.7 Å². The number of methoxy groups -OCH3 is 1. The number of hydrogen-bond acceptors (Lipinski definition) is 3. The van der Waals surface area contributed by atoms with Crippen LogP contribution in [0.1, 0.15) is 25.0 Å². The molecule has 1 aliphatic rings. The maximum absolute atomic E-state index is 6.32. The van der Waals surface area contributed by atoms with Gasteiger partial charge in [-0.1, -0.05) is 12.1 Å². The Labute approximate surface area is 103 Å². The molecule has 0 bridgehead atoms. The molecule has 0 spiro atoms. The fourth-order valence-electron chi connectivity index (χ4n) is 2.39. The van der Waals surface area contributed by atoms with Crippen LogP contribution in [0.25, 0.3) is 0 Å². The molecule has 1 fully saturated rings. The van der Waals surface area contributed by atoms with Gasteiger partial charge < -0.3 is 15.2 Å². The summed E-state index contributed by atoms with van der Waals surface area (Å²) in [7, 11) is 1.69. The average molecular weight is 235 g/mol. The van der Waals surface area contributed by atoms with Crippen LogP contribution >= 0.6 is 0 Å². The van der Waals surface area contributed by atoms with Crippen LogP contribution in [-0.2, 0) is 10.2 Å². The summed E-state index contributed by atoms with van der Waals surface area (Å²) in [4.78, 5) is 0. The highest BCUT2D eigenvalue weighted by atomic mass is 16.5. The molecule has 0 saturated carbocycles. The molecule has 0 aliphatic carbocycles. The van der Waals surface area contributed by atoms with E-state index in [2.05, 4.69) is 32.9 Å². The lowest BCUT2D eigenvalue weighted by atomic mass is 9.65. The Kier molecular flexibility index (Phi) is 2.92. The third kappa shape index (κ3) is 1.83. The molecule has 17 heavy (non-hydrogen) atoms.